The Balaban J connectivity index is 2.40. The van der Waals surface area contributed by atoms with Gasteiger partial charge in [0, 0.05) is 16.8 Å². The van der Waals surface area contributed by atoms with E-state index in [9.17, 15) is 9.50 Å². The topological polar surface area (TPSA) is 33.1 Å². The molecule has 1 unspecified atom stereocenters. The highest BCUT2D eigenvalue weighted by atomic mass is 35.5. The van der Waals surface area contributed by atoms with E-state index in [1.54, 1.807) is 18.3 Å². The van der Waals surface area contributed by atoms with Crippen LogP contribution in [0.15, 0.2) is 36.5 Å². The molecule has 2 aromatic rings. The van der Waals surface area contributed by atoms with Gasteiger partial charge in [-0.1, -0.05) is 17.7 Å². The Hall–Kier alpha value is -1.45. The fraction of sp³-hybridized carbons (Fsp3) is 0.154. The number of halogens is 2. The average molecular weight is 252 g/mol. The van der Waals surface area contributed by atoms with Crippen molar-refractivity contribution < 1.29 is 9.50 Å². The summed E-state index contributed by atoms with van der Waals surface area (Å²) in [5, 5.41) is 10.3. The van der Waals surface area contributed by atoms with Crippen LogP contribution in [0.3, 0.4) is 0 Å². The summed E-state index contributed by atoms with van der Waals surface area (Å²) in [6.07, 6.45) is 0.508. The molecule has 0 aliphatic carbocycles. The van der Waals surface area contributed by atoms with Crippen molar-refractivity contribution in [2.24, 2.45) is 0 Å². The molecule has 4 heteroatoms. The predicted molar refractivity (Wildman–Crippen MR) is 64.4 cm³/mol. The standard InChI is InChI=1S/C13H11ClFNO/c1-8-4-5-16-12(6-8)13(17)10-3-2-9(14)7-11(10)15/h2-7,13,17H,1H3. The first-order chi connectivity index (χ1) is 8.08. The van der Waals surface area contributed by atoms with Gasteiger partial charge in [-0.2, -0.15) is 0 Å². The van der Waals surface area contributed by atoms with Crippen LogP contribution < -0.4 is 0 Å². The van der Waals surface area contributed by atoms with E-state index >= 15 is 0 Å². The zero-order valence-electron chi connectivity index (χ0n) is 9.19. The van der Waals surface area contributed by atoms with E-state index < -0.39 is 11.9 Å². The number of hydrogen-bond acceptors (Lipinski definition) is 2. The molecule has 1 aromatic heterocycles. The van der Waals surface area contributed by atoms with Gasteiger partial charge in [-0.25, -0.2) is 4.39 Å². The number of aryl methyl sites for hydroxylation is 1. The molecule has 0 saturated carbocycles. The van der Waals surface area contributed by atoms with Crippen molar-refractivity contribution in [1.82, 2.24) is 4.98 Å². The lowest BCUT2D eigenvalue weighted by molar-refractivity contribution is 0.210. The first-order valence-corrected chi connectivity index (χ1v) is 5.51. The quantitative estimate of drug-likeness (QED) is 0.889. The molecule has 0 bridgehead atoms. The Kier molecular flexibility index (Phi) is 3.41. The van der Waals surface area contributed by atoms with Gasteiger partial charge < -0.3 is 5.11 Å². The molecule has 1 atom stereocenters. The molecule has 88 valence electrons. The molecule has 1 aromatic carbocycles. The largest absolute Gasteiger partial charge is 0.382 e. The first-order valence-electron chi connectivity index (χ1n) is 5.13. The van der Waals surface area contributed by atoms with Crippen molar-refractivity contribution in [2.45, 2.75) is 13.0 Å². The minimum absolute atomic E-state index is 0.174. The van der Waals surface area contributed by atoms with Crippen LogP contribution >= 0.6 is 11.6 Å². The van der Waals surface area contributed by atoms with Crippen LogP contribution in [0, 0.1) is 12.7 Å². The van der Waals surface area contributed by atoms with Gasteiger partial charge in [-0.3, -0.25) is 4.98 Å². The van der Waals surface area contributed by atoms with E-state index in [0.717, 1.165) is 5.56 Å². The molecule has 0 aliphatic heterocycles. The lowest BCUT2D eigenvalue weighted by Crippen LogP contribution is -2.04. The van der Waals surface area contributed by atoms with Crippen molar-refractivity contribution in [3.05, 3.63) is 64.2 Å². The number of rotatable bonds is 2. The summed E-state index contributed by atoms with van der Waals surface area (Å²) in [5.74, 6) is -0.534. The molecule has 1 N–H and O–H groups in total. The lowest BCUT2D eigenvalue weighted by Gasteiger charge is -2.12. The molecule has 1 heterocycles. The molecule has 0 fully saturated rings. The lowest BCUT2D eigenvalue weighted by atomic mass is 10.0. The van der Waals surface area contributed by atoms with E-state index in [0.29, 0.717) is 10.7 Å². The Bertz CT molecular complexity index is 545. The first kappa shape index (κ1) is 12.0. The second kappa shape index (κ2) is 4.82. The number of pyridine rings is 1. The summed E-state index contributed by atoms with van der Waals surface area (Å²) in [5.41, 5.74) is 1.56. The second-order valence-corrected chi connectivity index (χ2v) is 4.26. The summed E-state index contributed by atoms with van der Waals surface area (Å²) >= 11 is 5.66. The van der Waals surface area contributed by atoms with Crippen molar-refractivity contribution in [2.75, 3.05) is 0 Å². The number of aliphatic hydroxyl groups excluding tert-OH is 1. The third-order valence-corrected chi connectivity index (χ3v) is 2.71. The van der Waals surface area contributed by atoms with Crippen LogP contribution in [-0.4, -0.2) is 10.1 Å². The van der Waals surface area contributed by atoms with Gasteiger partial charge in [0.25, 0.3) is 0 Å². The molecule has 0 spiro atoms. The van der Waals surface area contributed by atoms with Crippen molar-refractivity contribution in [3.8, 4) is 0 Å². The van der Waals surface area contributed by atoms with Gasteiger partial charge in [0.15, 0.2) is 0 Å². The maximum Gasteiger partial charge on any atom is 0.130 e. The Morgan fingerprint density at radius 1 is 1.29 bits per heavy atom. The SMILES string of the molecule is Cc1ccnc(C(O)c2ccc(Cl)cc2F)c1. The highest BCUT2D eigenvalue weighted by Crippen LogP contribution is 2.25. The second-order valence-electron chi connectivity index (χ2n) is 3.83. The molecule has 0 amide bonds. The van der Waals surface area contributed by atoms with Gasteiger partial charge in [-0.15, -0.1) is 0 Å². The number of aliphatic hydroxyl groups is 1. The summed E-state index contributed by atoms with van der Waals surface area (Å²) in [4.78, 5) is 4.03. The molecule has 0 aliphatic rings. The molecular weight excluding hydrogens is 241 g/mol. The zero-order chi connectivity index (χ0) is 12.4. The van der Waals surface area contributed by atoms with E-state index in [4.69, 9.17) is 11.6 Å². The summed E-state index contributed by atoms with van der Waals surface area (Å²) in [6.45, 7) is 1.89. The van der Waals surface area contributed by atoms with Crippen LogP contribution in [0.5, 0.6) is 0 Å². The van der Waals surface area contributed by atoms with Crippen molar-refractivity contribution in [3.63, 3.8) is 0 Å². The number of hydrogen-bond donors (Lipinski definition) is 1. The number of benzene rings is 1. The normalized spacial score (nSPS) is 12.5. The fourth-order valence-electron chi connectivity index (χ4n) is 1.59. The predicted octanol–water partition coefficient (Wildman–Crippen LogP) is 3.26. The monoisotopic (exact) mass is 251 g/mol. The van der Waals surface area contributed by atoms with Crippen LogP contribution in [0.4, 0.5) is 4.39 Å². The molecule has 2 rings (SSSR count). The zero-order valence-corrected chi connectivity index (χ0v) is 9.95. The molecule has 0 saturated heterocycles. The highest BCUT2D eigenvalue weighted by Gasteiger charge is 2.16. The van der Waals surface area contributed by atoms with E-state index in [-0.39, 0.29) is 5.56 Å². The minimum Gasteiger partial charge on any atom is -0.382 e. The van der Waals surface area contributed by atoms with Crippen LogP contribution in [0.2, 0.25) is 5.02 Å². The van der Waals surface area contributed by atoms with Crippen molar-refractivity contribution >= 4 is 11.6 Å². The highest BCUT2D eigenvalue weighted by molar-refractivity contribution is 6.30. The van der Waals surface area contributed by atoms with E-state index in [2.05, 4.69) is 4.98 Å². The fourth-order valence-corrected chi connectivity index (χ4v) is 1.75. The minimum atomic E-state index is -1.08. The van der Waals surface area contributed by atoms with E-state index in [1.165, 1.54) is 12.1 Å². The Morgan fingerprint density at radius 2 is 2.06 bits per heavy atom. The van der Waals surface area contributed by atoms with Gasteiger partial charge >= 0.3 is 0 Å². The Morgan fingerprint density at radius 3 is 2.71 bits per heavy atom. The van der Waals surface area contributed by atoms with Crippen LogP contribution in [0.25, 0.3) is 0 Å². The average Bonchev–Trinajstić information content (AvgIpc) is 2.28. The van der Waals surface area contributed by atoms with E-state index in [1.807, 2.05) is 13.0 Å². The number of aromatic nitrogens is 1. The molecule has 0 radical (unpaired) electrons. The Labute approximate surface area is 104 Å². The smallest absolute Gasteiger partial charge is 0.130 e. The molecule has 17 heavy (non-hydrogen) atoms. The third kappa shape index (κ3) is 2.62. The maximum atomic E-state index is 13.6. The third-order valence-electron chi connectivity index (χ3n) is 2.47. The van der Waals surface area contributed by atoms with Gasteiger partial charge in [-0.05, 0) is 36.8 Å². The summed E-state index contributed by atoms with van der Waals surface area (Å²) < 4.78 is 13.6. The van der Waals surface area contributed by atoms with Crippen LogP contribution in [-0.2, 0) is 0 Å². The van der Waals surface area contributed by atoms with Gasteiger partial charge in [0.1, 0.15) is 11.9 Å². The summed E-state index contributed by atoms with van der Waals surface area (Å²) in [7, 11) is 0. The number of nitrogens with zero attached hydrogens (tertiary/aromatic N) is 1. The van der Waals surface area contributed by atoms with Gasteiger partial charge in [0.05, 0.1) is 5.69 Å². The summed E-state index contributed by atoms with van der Waals surface area (Å²) in [6, 6.07) is 7.72. The van der Waals surface area contributed by atoms with Gasteiger partial charge in [0.2, 0.25) is 0 Å². The maximum absolute atomic E-state index is 13.6. The molecular formula is C13H11ClFNO. The van der Waals surface area contributed by atoms with Crippen molar-refractivity contribution in [1.29, 1.82) is 0 Å². The molecule has 2 nitrogen and oxygen atoms in total. The van der Waals surface area contributed by atoms with Crippen LogP contribution in [0.1, 0.15) is 22.9 Å².